The summed E-state index contributed by atoms with van der Waals surface area (Å²) in [6.07, 6.45) is 9.36. The predicted molar refractivity (Wildman–Crippen MR) is 135 cm³/mol. The van der Waals surface area contributed by atoms with Crippen molar-refractivity contribution in [1.82, 2.24) is 25.0 Å². The monoisotopic (exact) mass is 487 g/mol. The quantitative estimate of drug-likeness (QED) is 0.526. The summed E-state index contributed by atoms with van der Waals surface area (Å²) in [6.45, 7) is 4.18. The van der Waals surface area contributed by atoms with Gasteiger partial charge in [0.25, 0.3) is 0 Å². The largest absolute Gasteiger partial charge is 0.370 e. The van der Waals surface area contributed by atoms with Crippen LogP contribution in [-0.2, 0) is 32.9 Å². The molecule has 1 N–H and O–H groups in total. The lowest BCUT2D eigenvalue weighted by Crippen LogP contribution is -2.52. The number of likely N-dealkylation sites (tertiary alicyclic amines) is 1. The molecule has 0 bridgehead atoms. The number of hydrogen-bond acceptors (Lipinski definition) is 5. The maximum Gasteiger partial charge on any atom is 0.224 e. The minimum absolute atomic E-state index is 0.00747. The van der Waals surface area contributed by atoms with Crippen LogP contribution in [0.2, 0.25) is 0 Å². The van der Waals surface area contributed by atoms with E-state index < -0.39 is 0 Å². The lowest BCUT2D eigenvalue weighted by atomic mass is 9.71. The van der Waals surface area contributed by atoms with Gasteiger partial charge in [0.05, 0.1) is 18.8 Å². The predicted octanol–water partition coefficient (Wildman–Crippen LogP) is 3.39. The third kappa shape index (κ3) is 4.78. The molecule has 2 aromatic heterocycles. The molecule has 8 heteroatoms. The van der Waals surface area contributed by atoms with Crippen molar-refractivity contribution < 1.29 is 14.3 Å². The molecular weight excluding hydrogens is 454 g/mol. The van der Waals surface area contributed by atoms with Crippen molar-refractivity contribution in [2.24, 2.45) is 0 Å². The Kier molecular flexibility index (Phi) is 7.13. The van der Waals surface area contributed by atoms with E-state index in [2.05, 4.69) is 33.6 Å². The first-order valence-corrected chi connectivity index (χ1v) is 12.7. The topological polar surface area (TPSA) is 89.4 Å². The molecule has 1 fully saturated rings. The van der Waals surface area contributed by atoms with E-state index in [1.54, 1.807) is 17.1 Å². The molecule has 188 valence electrons. The smallest absolute Gasteiger partial charge is 0.224 e. The van der Waals surface area contributed by atoms with Crippen LogP contribution in [0.4, 0.5) is 0 Å². The van der Waals surface area contributed by atoms with Gasteiger partial charge in [-0.3, -0.25) is 19.3 Å². The molecular formula is C28H33N5O3. The number of aryl methyl sites for hydroxylation is 1. The fraction of sp³-hybridized carbons (Fsp3) is 0.429. The van der Waals surface area contributed by atoms with Gasteiger partial charge in [0.2, 0.25) is 11.8 Å². The number of carbonyl (C=O) groups is 2. The lowest BCUT2D eigenvalue weighted by Gasteiger charge is -2.44. The Balaban J connectivity index is 1.37. The van der Waals surface area contributed by atoms with Gasteiger partial charge in [-0.25, -0.2) is 0 Å². The molecule has 1 spiro atoms. The molecule has 2 atom stereocenters. The zero-order chi connectivity index (χ0) is 25.0. The third-order valence-corrected chi connectivity index (χ3v) is 7.59. The number of amides is 2. The molecule has 2 amide bonds. The van der Waals surface area contributed by atoms with Gasteiger partial charge in [0.1, 0.15) is 0 Å². The number of aromatic nitrogens is 3. The van der Waals surface area contributed by atoms with E-state index in [9.17, 15) is 9.59 Å². The molecule has 0 saturated carbocycles. The van der Waals surface area contributed by atoms with Gasteiger partial charge < -0.3 is 15.0 Å². The van der Waals surface area contributed by atoms with Gasteiger partial charge in [-0.2, -0.15) is 5.10 Å². The molecule has 3 heterocycles. The van der Waals surface area contributed by atoms with Crippen LogP contribution in [0.15, 0.2) is 67.3 Å². The van der Waals surface area contributed by atoms with Crippen molar-refractivity contribution in [2.75, 3.05) is 13.1 Å². The fourth-order valence-electron chi connectivity index (χ4n) is 5.72. The van der Waals surface area contributed by atoms with E-state index in [0.29, 0.717) is 39.1 Å². The van der Waals surface area contributed by atoms with E-state index in [0.717, 1.165) is 24.0 Å². The number of carbonyl (C=O) groups excluding carboxylic acids is 2. The Morgan fingerprint density at radius 3 is 2.67 bits per heavy atom. The van der Waals surface area contributed by atoms with Crippen molar-refractivity contribution >= 4 is 11.8 Å². The number of hydrogen-bond donors (Lipinski definition) is 1. The van der Waals surface area contributed by atoms with Gasteiger partial charge >= 0.3 is 0 Å². The van der Waals surface area contributed by atoms with E-state index in [4.69, 9.17) is 4.74 Å². The molecule has 2 aliphatic rings. The Morgan fingerprint density at radius 1 is 1.11 bits per heavy atom. The Labute approximate surface area is 211 Å². The first-order chi connectivity index (χ1) is 17.6. The number of fused-ring (bicyclic) bond motifs is 2. The highest BCUT2D eigenvalue weighted by Gasteiger charge is 2.54. The molecule has 1 aliphatic carbocycles. The average molecular weight is 488 g/mol. The average Bonchev–Trinajstić information content (AvgIpc) is 3.53. The van der Waals surface area contributed by atoms with Crippen molar-refractivity contribution in [3.63, 3.8) is 0 Å². The van der Waals surface area contributed by atoms with Crippen LogP contribution in [0.3, 0.4) is 0 Å². The first kappa shape index (κ1) is 24.2. The number of pyridine rings is 1. The zero-order valence-corrected chi connectivity index (χ0v) is 20.7. The third-order valence-electron chi connectivity index (χ3n) is 7.59. The van der Waals surface area contributed by atoms with Crippen LogP contribution in [0, 0.1) is 0 Å². The van der Waals surface area contributed by atoms with Gasteiger partial charge in [0, 0.05) is 62.7 Å². The number of piperidine rings is 1. The summed E-state index contributed by atoms with van der Waals surface area (Å²) in [5.74, 6) is 0.156. The maximum atomic E-state index is 13.0. The second-order valence-electron chi connectivity index (χ2n) is 9.63. The number of rotatable bonds is 8. The van der Waals surface area contributed by atoms with E-state index in [1.165, 1.54) is 5.56 Å². The van der Waals surface area contributed by atoms with Gasteiger partial charge in [-0.05, 0) is 41.7 Å². The number of ether oxygens (including phenoxy) is 1. The number of nitrogens with zero attached hydrogens (tertiary/aromatic N) is 4. The first-order valence-electron chi connectivity index (χ1n) is 12.7. The fourth-order valence-corrected chi connectivity index (χ4v) is 5.72. The molecule has 1 aromatic carbocycles. The van der Waals surface area contributed by atoms with Crippen LogP contribution in [0.5, 0.6) is 0 Å². The standard InChI is InChI=1S/C28H33N5O3/c1-2-24(34)31-26-22-8-3-4-9-23(22)28(27(26)36-20-21-7-5-13-29-19-21)11-17-32(18-12-28)25(35)10-16-33-15-6-14-30-33/h3-9,13-15,19,26-27H,2,10-12,16-18,20H2,1H3,(H,31,34)/t26-,27+/m1/s1. The summed E-state index contributed by atoms with van der Waals surface area (Å²) < 4.78 is 8.44. The second kappa shape index (κ2) is 10.6. The molecule has 8 nitrogen and oxygen atoms in total. The summed E-state index contributed by atoms with van der Waals surface area (Å²) in [5.41, 5.74) is 3.07. The number of nitrogens with one attached hydrogen (secondary N) is 1. The molecule has 36 heavy (non-hydrogen) atoms. The summed E-state index contributed by atoms with van der Waals surface area (Å²) >= 11 is 0. The van der Waals surface area contributed by atoms with Gasteiger partial charge in [-0.1, -0.05) is 37.3 Å². The van der Waals surface area contributed by atoms with Crippen molar-refractivity contribution in [3.05, 3.63) is 83.9 Å². The van der Waals surface area contributed by atoms with E-state index >= 15 is 0 Å². The minimum Gasteiger partial charge on any atom is -0.370 e. The number of benzene rings is 1. The highest BCUT2D eigenvalue weighted by Crippen LogP contribution is 2.52. The highest BCUT2D eigenvalue weighted by atomic mass is 16.5. The zero-order valence-electron chi connectivity index (χ0n) is 20.7. The molecule has 0 unspecified atom stereocenters. The summed E-state index contributed by atoms with van der Waals surface area (Å²) in [5, 5.41) is 7.44. The van der Waals surface area contributed by atoms with Crippen molar-refractivity contribution in [1.29, 1.82) is 0 Å². The Morgan fingerprint density at radius 2 is 1.94 bits per heavy atom. The van der Waals surface area contributed by atoms with Crippen LogP contribution in [0.25, 0.3) is 0 Å². The van der Waals surface area contributed by atoms with Crippen molar-refractivity contribution in [3.8, 4) is 0 Å². The minimum atomic E-state index is -0.275. The van der Waals surface area contributed by atoms with Crippen LogP contribution in [0.1, 0.15) is 55.3 Å². The van der Waals surface area contributed by atoms with Gasteiger partial charge in [-0.15, -0.1) is 0 Å². The van der Waals surface area contributed by atoms with Crippen LogP contribution >= 0.6 is 0 Å². The normalized spacial score (nSPS) is 20.3. The van der Waals surface area contributed by atoms with E-state index in [1.807, 2.05) is 48.5 Å². The maximum absolute atomic E-state index is 13.0. The summed E-state index contributed by atoms with van der Waals surface area (Å²) in [6, 6.07) is 13.9. The Bertz CT molecular complexity index is 1170. The summed E-state index contributed by atoms with van der Waals surface area (Å²) in [4.78, 5) is 31.7. The highest BCUT2D eigenvalue weighted by molar-refractivity contribution is 5.77. The lowest BCUT2D eigenvalue weighted by molar-refractivity contribution is -0.134. The van der Waals surface area contributed by atoms with E-state index in [-0.39, 0.29) is 29.4 Å². The Hall–Kier alpha value is -3.52. The molecule has 3 aromatic rings. The SMILES string of the molecule is CCC(=O)N[C@@H]1c2ccccc2C2(CCN(C(=O)CCn3cccn3)CC2)[C@H]1OCc1cccnc1. The van der Waals surface area contributed by atoms with Crippen LogP contribution < -0.4 is 5.32 Å². The van der Waals surface area contributed by atoms with Gasteiger partial charge in [0.15, 0.2) is 0 Å². The second-order valence-corrected chi connectivity index (χ2v) is 9.63. The van der Waals surface area contributed by atoms with Crippen molar-refractivity contribution in [2.45, 2.75) is 63.3 Å². The summed E-state index contributed by atoms with van der Waals surface area (Å²) in [7, 11) is 0. The molecule has 1 aliphatic heterocycles. The molecule has 1 saturated heterocycles. The molecule has 5 rings (SSSR count). The molecule has 0 radical (unpaired) electrons. The van der Waals surface area contributed by atoms with Crippen LogP contribution in [-0.4, -0.2) is 50.7 Å².